The Morgan fingerprint density at radius 2 is 2.14 bits per heavy atom. The van der Waals surface area contributed by atoms with Crippen molar-refractivity contribution in [3.63, 3.8) is 0 Å². The number of hydrogen-bond donors (Lipinski definition) is 0. The second kappa shape index (κ2) is 6.46. The smallest absolute Gasteiger partial charge is 0.225 e. The zero-order valence-corrected chi connectivity index (χ0v) is 14.0. The third-order valence-electron chi connectivity index (χ3n) is 4.06. The Morgan fingerprint density at radius 3 is 2.81 bits per heavy atom. The highest BCUT2D eigenvalue weighted by atomic mass is 35.5. The molecule has 3 heterocycles. The normalized spacial score (nSPS) is 16.8. The van der Waals surface area contributed by atoms with Gasteiger partial charge in [0.25, 0.3) is 0 Å². The lowest BCUT2D eigenvalue weighted by Crippen LogP contribution is -2.35. The quantitative estimate of drug-likeness (QED) is 0.802. The van der Waals surface area contributed by atoms with Crippen LogP contribution in [-0.2, 0) is 11.2 Å². The molecule has 3 rings (SSSR count). The largest absolute Gasteiger partial charge is 0.384 e. The van der Waals surface area contributed by atoms with Gasteiger partial charge in [0.1, 0.15) is 10.6 Å². The van der Waals surface area contributed by atoms with Crippen molar-refractivity contribution in [2.45, 2.75) is 26.2 Å². The molecule has 1 aliphatic rings. The molecule has 0 N–H and O–H groups in total. The van der Waals surface area contributed by atoms with Crippen molar-refractivity contribution < 1.29 is 4.74 Å². The maximum atomic E-state index is 6.11. The number of fused-ring (bicyclic) bond motifs is 1. The molecule has 0 atom stereocenters. The molecule has 0 saturated carbocycles. The average Bonchev–Trinajstić information content (AvgIpc) is 2.90. The molecule has 1 aliphatic heterocycles. The predicted molar refractivity (Wildman–Crippen MR) is 88.6 cm³/mol. The molecule has 4 nitrogen and oxygen atoms in total. The fourth-order valence-corrected chi connectivity index (χ4v) is 4.07. The lowest BCUT2D eigenvalue weighted by molar-refractivity contribution is 0.139. The molecule has 0 unspecified atom stereocenters. The highest BCUT2D eigenvalue weighted by Crippen LogP contribution is 2.34. The van der Waals surface area contributed by atoms with E-state index in [1.165, 1.54) is 4.88 Å². The first-order valence-electron chi connectivity index (χ1n) is 7.41. The van der Waals surface area contributed by atoms with Gasteiger partial charge in [0.2, 0.25) is 5.28 Å². The van der Waals surface area contributed by atoms with Gasteiger partial charge in [-0.25, -0.2) is 4.98 Å². The molecule has 0 aromatic carbocycles. The SMILES string of the molecule is CCc1cc2c(N3CCC(COC)CC3)nc(Cl)nc2s1. The second-order valence-electron chi connectivity index (χ2n) is 5.49. The summed E-state index contributed by atoms with van der Waals surface area (Å²) in [6.45, 7) is 5.03. The monoisotopic (exact) mass is 325 g/mol. The summed E-state index contributed by atoms with van der Waals surface area (Å²) >= 11 is 7.83. The Morgan fingerprint density at radius 1 is 1.38 bits per heavy atom. The molecule has 114 valence electrons. The maximum absolute atomic E-state index is 6.11. The number of halogens is 1. The molecular formula is C15H20ClN3OS. The lowest BCUT2D eigenvalue weighted by Gasteiger charge is -2.32. The molecule has 1 saturated heterocycles. The number of aryl methyl sites for hydroxylation is 1. The first-order valence-corrected chi connectivity index (χ1v) is 8.60. The number of hydrogen-bond acceptors (Lipinski definition) is 5. The van der Waals surface area contributed by atoms with Crippen LogP contribution in [0.25, 0.3) is 10.2 Å². The highest BCUT2D eigenvalue weighted by molar-refractivity contribution is 7.18. The van der Waals surface area contributed by atoms with Crippen molar-refractivity contribution in [1.82, 2.24) is 9.97 Å². The van der Waals surface area contributed by atoms with Crippen LogP contribution in [0.4, 0.5) is 5.82 Å². The van der Waals surface area contributed by atoms with E-state index in [0.29, 0.717) is 11.2 Å². The minimum absolute atomic E-state index is 0.348. The maximum Gasteiger partial charge on any atom is 0.225 e. The van der Waals surface area contributed by atoms with Crippen LogP contribution in [0.1, 0.15) is 24.6 Å². The topological polar surface area (TPSA) is 38.2 Å². The third kappa shape index (κ3) is 3.15. The van der Waals surface area contributed by atoms with E-state index in [0.717, 1.165) is 55.0 Å². The molecule has 21 heavy (non-hydrogen) atoms. The molecule has 2 aromatic rings. The highest BCUT2D eigenvalue weighted by Gasteiger charge is 2.23. The van der Waals surface area contributed by atoms with Crippen molar-refractivity contribution in [2.24, 2.45) is 5.92 Å². The van der Waals surface area contributed by atoms with E-state index >= 15 is 0 Å². The zero-order chi connectivity index (χ0) is 14.8. The standard InChI is InChI=1S/C15H20ClN3OS/c1-3-11-8-12-13(17-15(16)18-14(12)21-11)19-6-4-10(5-7-19)9-20-2/h8,10H,3-7,9H2,1-2H3. The van der Waals surface area contributed by atoms with Gasteiger partial charge in [-0.1, -0.05) is 6.92 Å². The van der Waals surface area contributed by atoms with Crippen molar-refractivity contribution in [3.05, 3.63) is 16.2 Å². The van der Waals surface area contributed by atoms with Crippen LogP contribution >= 0.6 is 22.9 Å². The summed E-state index contributed by atoms with van der Waals surface area (Å²) in [5.41, 5.74) is 0. The van der Waals surface area contributed by atoms with Gasteiger partial charge in [0.15, 0.2) is 0 Å². The lowest BCUT2D eigenvalue weighted by atomic mass is 9.98. The molecule has 2 aromatic heterocycles. The van der Waals surface area contributed by atoms with E-state index in [2.05, 4.69) is 27.9 Å². The van der Waals surface area contributed by atoms with Gasteiger partial charge >= 0.3 is 0 Å². The van der Waals surface area contributed by atoms with Crippen molar-refractivity contribution >= 4 is 39.0 Å². The van der Waals surface area contributed by atoms with E-state index in [9.17, 15) is 0 Å². The van der Waals surface area contributed by atoms with Crippen LogP contribution in [0.3, 0.4) is 0 Å². The van der Waals surface area contributed by atoms with Gasteiger partial charge in [0.05, 0.1) is 5.39 Å². The van der Waals surface area contributed by atoms with Gasteiger partial charge in [-0.15, -0.1) is 11.3 Å². The molecule has 0 spiro atoms. The first kappa shape index (κ1) is 15.0. The summed E-state index contributed by atoms with van der Waals surface area (Å²) < 4.78 is 5.27. The van der Waals surface area contributed by atoms with Gasteiger partial charge in [-0.05, 0) is 42.8 Å². The first-order chi connectivity index (χ1) is 10.2. The number of thiophene rings is 1. The summed E-state index contributed by atoms with van der Waals surface area (Å²) in [5, 5.41) is 1.49. The molecule has 0 amide bonds. The fraction of sp³-hybridized carbons (Fsp3) is 0.600. The Bertz CT molecular complexity index is 623. The van der Waals surface area contributed by atoms with Gasteiger partial charge in [-0.3, -0.25) is 0 Å². The van der Waals surface area contributed by atoms with Crippen LogP contribution < -0.4 is 4.90 Å². The van der Waals surface area contributed by atoms with E-state index < -0.39 is 0 Å². The Labute approximate surface area is 134 Å². The summed E-state index contributed by atoms with van der Waals surface area (Å²) in [5.74, 6) is 1.66. The van der Waals surface area contributed by atoms with Gasteiger partial charge in [-0.2, -0.15) is 4.98 Å². The number of nitrogens with zero attached hydrogens (tertiary/aromatic N) is 3. The summed E-state index contributed by atoms with van der Waals surface area (Å²) in [6.07, 6.45) is 3.30. The Balaban J connectivity index is 1.88. The molecule has 0 aliphatic carbocycles. The number of piperidine rings is 1. The average molecular weight is 326 g/mol. The van der Waals surface area contributed by atoms with Gasteiger partial charge in [0, 0.05) is 31.7 Å². The molecule has 0 radical (unpaired) electrons. The number of aromatic nitrogens is 2. The van der Waals surface area contributed by atoms with E-state index in [4.69, 9.17) is 16.3 Å². The number of rotatable bonds is 4. The van der Waals surface area contributed by atoms with Crippen LogP contribution in [0.2, 0.25) is 5.28 Å². The van der Waals surface area contributed by atoms with E-state index in [1.54, 1.807) is 18.4 Å². The molecule has 6 heteroatoms. The number of methoxy groups -OCH3 is 1. The molecule has 0 bridgehead atoms. The third-order valence-corrected chi connectivity index (χ3v) is 5.40. The number of anilines is 1. The summed E-state index contributed by atoms with van der Waals surface area (Å²) in [4.78, 5) is 13.5. The minimum atomic E-state index is 0.348. The van der Waals surface area contributed by atoms with Crippen molar-refractivity contribution in [2.75, 3.05) is 31.7 Å². The van der Waals surface area contributed by atoms with Crippen LogP contribution in [0.15, 0.2) is 6.07 Å². The van der Waals surface area contributed by atoms with E-state index in [1.807, 2.05) is 0 Å². The zero-order valence-electron chi connectivity index (χ0n) is 12.4. The predicted octanol–water partition coefficient (Wildman–Crippen LogP) is 3.77. The molecule has 1 fully saturated rings. The Hall–Kier alpha value is -0.910. The number of ether oxygens (including phenoxy) is 1. The minimum Gasteiger partial charge on any atom is -0.384 e. The second-order valence-corrected chi connectivity index (χ2v) is 6.94. The van der Waals surface area contributed by atoms with Crippen LogP contribution in [0, 0.1) is 5.92 Å². The van der Waals surface area contributed by atoms with E-state index in [-0.39, 0.29) is 0 Å². The Kier molecular flexibility index (Phi) is 4.62. The summed E-state index contributed by atoms with van der Waals surface area (Å²) in [7, 11) is 1.78. The summed E-state index contributed by atoms with van der Waals surface area (Å²) in [6, 6.07) is 2.22. The van der Waals surface area contributed by atoms with Crippen LogP contribution in [-0.4, -0.2) is 36.8 Å². The molecular weight excluding hydrogens is 306 g/mol. The van der Waals surface area contributed by atoms with Crippen molar-refractivity contribution in [3.8, 4) is 0 Å². The van der Waals surface area contributed by atoms with Gasteiger partial charge < -0.3 is 9.64 Å². The van der Waals surface area contributed by atoms with Crippen LogP contribution in [0.5, 0.6) is 0 Å². The van der Waals surface area contributed by atoms with Crippen molar-refractivity contribution in [1.29, 1.82) is 0 Å². The fourth-order valence-electron chi connectivity index (χ4n) is 2.89.